The van der Waals surface area contributed by atoms with Crippen LogP contribution in [0.1, 0.15) is 0 Å². The summed E-state index contributed by atoms with van der Waals surface area (Å²) < 4.78 is 40.2. The quantitative estimate of drug-likeness (QED) is 0.465. The van der Waals surface area contributed by atoms with Gasteiger partial charge in [-0.05, 0) is 22.9 Å². The molecule has 0 aliphatic heterocycles. The fourth-order valence-electron chi connectivity index (χ4n) is 0.992. The van der Waals surface area contributed by atoms with E-state index in [4.69, 9.17) is 0 Å². The van der Waals surface area contributed by atoms with Crippen LogP contribution < -0.4 is 5.32 Å². The van der Waals surface area contributed by atoms with E-state index >= 15 is 0 Å². The second-order valence-electron chi connectivity index (χ2n) is 3.47. The molecule has 0 aromatic carbocycles. The van der Waals surface area contributed by atoms with E-state index in [0.29, 0.717) is 5.75 Å². The molecule has 116 valence electrons. The number of carbonyl (C=O) groups is 2. The first-order valence-corrected chi connectivity index (χ1v) is 7.92. The van der Waals surface area contributed by atoms with Gasteiger partial charge in [0.05, 0.1) is 0 Å². The third kappa shape index (κ3) is 7.81. The Hall–Kier alpha value is -1.42. The molecule has 0 atom stereocenters. The average Bonchev–Trinajstić information content (AvgIpc) is 2.44. The van der Waals surface area contributed by atoms with E-state index < -0.39 is 24.6 Å². The molecule has 21 heavy (non-hydrogen) atoms. The average molecular weight is 340 g/mol. The Labute approximate surface area is 126 Å². The molecule has 1 aromatic heterocycles. The molecule has 1 aromatic rings. The van der Waals surface area contributed by atoms with Gasteiger partial charge in [-0.15, -0.1) is 0 Å². The summed E-state index contributed by atoms with van der Waals surface area (Å²) in [7, 11) is 2.78. The maximum absolute atomic E-state index is 11.8. The van der Waals surface area contributed by atoms with Gasteiger partial charge in [-0.25, -0.2) is 4.98 Å². The molecule has 0 bridgehead atoms. The van der Waals surface area contributed by atoms with E-state index in [2.05, 4.69) is 9.72 Å². The van der Waals surface area contributed by atoms with Crippen LogP contribution in [-0.2, 0) is 14.3 Å². The normalized spacial score (nSPS) is 11.0. The minimum Gasteiger partial charge on any atom is -0.463 e. The van der Waals surface area contributed by atoms with Crippen LogP contribution in [0.3, 0.4) is 0 Å². The fraction of sp³-hybridized carbons (Fsp3) is 0.364. The summed E-state index contributed by atoms with van der Waals surface area (Å²) in [5.74, 6) is -2.64. The highest BCUT2D eigenvalue weighted by atomic mass is 33.1. The second-order valence-corrected chi connectivity index (χ2v) is 5.91. The Kier molecular flexibility index (Phi) is 7.37. The van der Waals surface area contributed by atoms with Crippen molar-refractivity contribution in [2.24, 2.45) is 0 Å². The predicted octanol–water partition coefficient (Wildman–Crippen LogP) is 2.04. The van der Waals surface area contributed by atoms with Crippen LogP contribution in [0.15, 0.2) is 29.4 Å². The van der Waals surface area contributed by atoms with Crippen molar-refractivity contribution < 1.29 is 27.5 Å². The van der Waals surface area contributed by atoms with Crippen LogP contribution in [0, 0.1) is 0 Å². The van der Waals surface area contributed by atoms with Crippen molar-refractivity contribution in [2.75, 3.05) is 18.9 Å². The summed E-state index contributed by atoms with van der Waals surface area (Å²) in [6.45, 7) is -0.776. The molecule has 0 unspecified atom stereocenters. The van der Waals surface area contributed by atoms with E-state index in [-0.39, 0.29) is 6.61 Å². The Morgan fingerprint density at radius 3 is 2.71 bits per heavy atom. The van der Waals surface area contributed by atoms with Crippen molar-refractivity contribution in [1.29, 1.82) is 0 Å². The number of nitrogens with zero attached hydrogens (tertiary/aromatic N) is 1. The summed E-state index contributed by atoms with van der Waals surface area (Å²) in [5.41, 5.74) is 0. The molecule has 1 rings (SSSR count). The number of esters is 1. The standard InChI is InChI=1S/C11H11F3N2O3S2/c12-11(13,14)10(18)16-7-9(17)19-5-6-20-21-8-3-1-2-4-15-8/h1-4H,5-7H2,(H,16,18). The SMILES string of the molecule is O=C(CNC(=O)C(F)(F)F)OCCSSc1ccccn1. The maximum atomic E-state index is 11.8. The number of hydrogen-bond donors (Lipinski definition) is 1. The number of aromatic nitrogens is 1. The second kappa shape index (κ2) is 8.78. The Morgan fingerprint density at radius 1 is 1.33 bits per heavy atom. The largest absolute Gasteiger partial charge is 0.471 e. The number of nitrogens with one attached hydrogen (secondary N) is 1. The van der Waals surface area contributed by atoms with Crippen LogP contribution in [-0.4, -0.2) is 41.9 Å². The van der Waals surface area contributed by atoms with Crippen LogP contribution in [0.25, 0.3) is 0 Å². The summed E-state index contributed by atoms with van der Waals surface area (Å²) in [6.07, 6.45) is -3.36. The van der Waals surface area contributed by atoms with Gasteiger partial charge in [0.25, 0.3) is 0 Å². The predicted molar refractivity (Wildman–Crippen MR) is 72.6 cm³/mol. The monoisotopic (exact) mass is 340 g/mol. The Bertz CT molecular complexity index is 472. The van der Waals surface area contributed by atoms with Crippen molar-refractivity contribution in [3.8, 4) is 0 Å². The number of alkyl halides is 3. The zero-order valence-corrected chi connectivity index (χ0v) is 12.2. The van der Waals surface area contributed by atoms with Gasteiger partial charge >= 0.3 is 18.1 Å². The number of ether oxygens (including phenoxy) is 1. The van der Waals surface area contributed by atoms with Crippen molar-refractivity contribution >= 4 is 33.5 Å². The number of carbonyl (C=O) groups excluding carboxylic acids is 2. The lowest BCUT2D eigenvalue weighted by molar-refractivity contribution is -0.174. The molecular weight excluding hydrogens is 329 g/mol. The maximum Gasteiger partial charge on any atom is 0.471 e. The lowest BCUT2D eigenvalue weighted by Gasteiger charge is -2.07. The molecular formula is C11H11F3N2O3S2. The summed E-state index contributed by atoms with van der Waals surface area (Å²) in [4.78, 5) is 25.6. The zero-order chi connectivity index (χ0) is 15.7. The van der Waals surface area contributed by atoms with Crippen LogP contribution in [0.4, 0.5) is 13.2 Å². The van der Waals surface area contributed by atoms with Crippen molar-refractivity contribution in [3.05, 3.63) is 24.4 Å². The van der Waals surface area contributed by atoms with Gasteiger partial charge in [-0.3, -0.25) is 9.59 Å². The molecule has 0 saturated heterocycles. The molecule has 0 fully saturated rings. The third-order valence-electron chi connectivity index (χ3n) is 1.86. The van der Waals surface area contributed by atoms with Crippen LogP contribution in [0.5, 0.6) is 0 Å². The van der Waals surface area contributed by atoms with Gasteiger partial charge in [0.15, 0.2) is 0 Å². The van der Waals surface area contributed by atoms with Crippen molar-refractivity contribution in [1.82, 2.24) is 10.3 Å². The molecule has 0 aliphatic rings. The number of hydrogen-bond acceptors (Lipinski definition) is 6. The fourth-order valence-corrected chi connectivity index (χ4v) is 2.70. The molecule has 1 amide bonds. The molecule has 1 heterocycles. The van der Waals surface area contributed by atoms with Gasteiger partial charge in [0.1, 0.15) is 18.2 Å². The number of amides is 1. The van der Waals surface area contributed by atoms with Gasteiger partial charge in [0.2, 0.25) is 0 Å². The number of pyridine rings is 1. The molecule has 5 nitrogen and oxygen atoms in total. The topological polar surface area (TPSA) is 68.3 Å². The van der Waals surface area contributed by atoms with Gasteiger partial charge in [0, 0.05) is 11.9 Å². The molecule has 0 saturated carbocycles. The first kappa shape index (κ1) is 17.6. The lowest BCUT2D eigenvalue weighted by atomic mass is 10.5. The highest BCUT2D eigenvalue weighted by Gasteiger charge is 2.38. The molecule has 0 radical (unpaired) electrons. The molecule has 10 heteroatoms. The molecule has 1 N–H and O–H groups in total. The van der Waals surface area contributed by atoms with Crippen molar-refractivity contribution in [3.63, 3.8) is 0 Å². The highest BCUT2D eigenvalue weighted by molar-refractivity contribution is 8.76. The van der Waals surface area contributed by atoms with Gasteiger partial charge in [-0.2, -0.15) is 13.2 Å². The zero-order valence-electron chi connectivity index (χ0n) is 10.6. The molecule has 0 spiro atoms. The van der Waals surface area contributed by atoms with Gasteiger partial charge < -0.3 is 10.1 Å². The number of rotatable bonds is 7. The minimum atomic E-state index is -5.00. The van der Waals surface area contributed by atoms with Gasteiger partial charge in [-0.1, -0.05) is 16.9 Å². The third-order valence-corrected chi connectivity index (χ3v) is 4.09. The van der Waals surface area contributed by atoms with Crippen LogP contribution >= 0.6 is 21.6 Å². The van der Waals surface area contributed by atoms with Crippen molar-refractivity contribution in [2.45, 2.75) is 11.2 Å². The Balaban J connectivity index is 2.07. The Morgan fingerprint density at radius 2 is 2.10 bits per heavy atom. The summed E-state index contributed by atoms with van der Waals surface area (Å²) in [5, 5.41) is 2.23. The molecule has 0 aliphatic carbocycles. The first-order valence-electron chi connectivity index (χ1n) is 5.61. The number of halogens is 3. The van der Waals surface area contributed by atoms with Crippen LogP contribution in [0.2, 0.25) is 0 Å². The van der Waals surface area contributed by atoms with E-state index in [1.165, 1.54) is 26.9 Å². The van der Waals surface area contributed by atoms with E-state index in [1.54, 1.807) is 12.3 Å². The van der Waals surface area contributed by atoms with E-state index in [0.717, 1.165) is 5.03 Å². The van der Waals surface area contributed by atoms with E-state index in [9.17, 15) is 22.8 Å². The lowest BCUT2D eigenvalue weighted by Crippen LogP contribution is -2.40. The minimum absolute atomic E-state index is 0.0330. The van der Waals surface area contributed by atoms with E-state index in [1.807, 2.05) is 12.1 Å². The first-order chi connectivity index (χ1) is 9.89. The highest BCUT2D eigenvalue weighted by Crippen LogP contribution is 2.28. The smallest absolute Gasteiger partial charge is 0.463 e. The summed E-state index contributed by atoms with van der Waals surface area (Å²) >= 11 is 0. The summed E-state index contributed by atoms with van der Waals surface area (Å²) in [6, 6.07) is 5.43.